The smallest absolute Gasteiger partial charge is 0.255 e. The number of anilines is 1. The average molecular weight is 421 g/mol. The number of ether oxygens (including phenoxy) is 1. The number of benzene rings is 2. The lowest BCUT2D eigenvalue weighted by molar-refractivity contribution is 0.102. The first-order chi connectivity index (χ1) is 14.2. The fraction of sp³-hybridized carbons (Fsp3) is 0.136. The van der Waals surface area contributed by atoms with Crippen LogP contribution in [-0.2, 0) is 15.6 Å². The molecule has 0 saturated carbocycles. The van der Waals surface area contributed by atoms with Gasteiger partial charge in [0, 0.05) is 23.7 Å². The van der Waals surface area contributed by atoms with Crippen molar-refractivity contribution in [3.05, 3.63) is 83.0 Å². The Bertz CT molecular complexity index is 1230. The van der Waals surface area contributed by atoms with Gasteiger partial charge in [-0.2, -0.15) is 5.26 Å². The molecule has 1 N–H and O–H groups in total. The van der Waals surface area contributed by atoms with Crippen LogP contribution in [0.5, 0.6) is 11.6 Å². The predicted octanol–water partition coefficient (Wildman–Crippen LogP) is 3.85. The second-order valence-corrected chi connectivity index (χ2v) is 8.91. The van der Waals surface area contributed by atoms with E-state index in [0.29, 0.717) is 28.1 Å². The Kier molecular flexibility index (Phi) is 6.14. The molecule has 0 bridgehead atoms. The van der Waals surface area contributed by atoms with Crippen molar-refractivity contribution >= 4 is 21.4 Å². The normalized spacial score (nSPS) is 10.8. The molecule has 0 aliphatic heterocycles. The van der Waals surface area contributed by atoms with Gasteiger partial charge in [0.25, 0.3) is 5.91 Å². The van der Waals surface area contributed by atoms with Crippen molar-refractivity contribution in [2.24, 2.45) is 0 Å². The van der Waals surface area contributed by atoms with E-state index in [1.807, 2.05) is 13.0 Å². The molecule has 1 aromatic heterocycles. The highest BCUT2D eigenvalue weighted by molar-refractivity contribution is 7.89. The van der Waals surface area contributed by atoms with Gasteiger partial charge in [0.05, 0.1) is 5.75 Å². The molecule has 2 aromatic carbocycles. The fourth-order valence-corrected chi connectivity index (χ4v) is 3.56. The summed E-state index contributed by atoms with van der Waals surface area (Å²) in [6.45, 7) is 1.82. The van der Waals surface area contributed by atoms with Gasteiger partial charge in [0.15, 0.2) is 9.84 Å². The van der Waals surface area contributed by atoms with Gasteiger partial charge in [-0.3, -0.25) is 4.79 Å². The minimum absolute atomic E-state index is 0.0702. The van der Waals surface area contributed by atoms with Crippen LogP contribution in [-0.4, -0.2) is 25.6 Å². The SMILES string of the molecule is Cc1cc(Oc2ncccc2C#N)ccc1NC(=O)c1ccc(CS(C)(=O)=O)cc1. The molecule has 0 saturated heterocycles. The largest absolute Gasteiger partial charge is 0.438 e. The zero-order valence-electron chi connectivity index (χ0n) is 16.4. The lowest BCUT2D eigenvalue weighted by atomic mass is 10.1. The highest BCUT2D eigenvalue weighted by Crippen LogP contribution is 2.27. The Morgan fingerprint density at radius 2 is 1.90 bits per heavy atom. The minimum Gasteiger partial charge on any atom is -0.438 e. The van der Waals surface area contributed by atoms with E-state index >= 15 is 0 Å². The summed E-state index contributed by atoms with van der Waals surface area (Å²) >= 11 is 0. The van der Waals surface area contributed by atoms with E-state index in [9.17, 15) is 13.2 Å². The van der Waals surface area contributed by atoms with Crippen LogP contribution < -0.4 is 10.1 Å². The van der Waals surface area contributed by atoms with Gasteiger partial charge < -0.3 is 10.1 Å². The van der Waals surface area contributed by atoms with Crippen LogP contribution in [0.25, 0.3) is 0 Å². The third-order valence-electron chi connectivity index (χ3n) is 4.20. The number of aryl methyl sites for hydroxylation is 1. The number of carbonyl (C=O) groups is 1. The van der Waals surface area contributed by atoms with E-state index in [-0.39, 0.29) is 17.5 Å². The van der Waals surface area contributed by atoms with E-state index in [0.717, 1.165) is 5.56 Å². The molecule has 0 atom stereocenters. The number of amides is 1. The molecule has 0 spiro atoms. The van der Waals surface area contributed by atoms with Crippen LogP contribution in [0.4, 0.5) is 5.69 Å². The molecular formula is C22H19N3O4S. The molecule has 1 amide bonds. The third kappa shape index (κ3) is 5.43. The van der Waals surface area contributed by atoms with Crippen molar-refractivity contribution in [3.8, 4) is 17.7 Å². The summed E-state index contributed by atoms with van der Waals surface area (Å²) in [5, 5.41) is 12.0. The van der Waals surface area contributed by atoms with Crippen molar-refractivity contribution in [1.29, 1.82) is 5.26 Å². The summed E-state index contributed by atoms with van der Waals surface area (Å²) < 4.78 is 28.4. The second kappa shape index (κ2) is 8.76. The van der Waals surface area contributed by atoms with Crippen molar-refractivity contribution < 1.29 is 17.9 Å². The molecule has 0 radical (unpaired) electrons. The monoisotopic (exact) mass is 421 g/mol. The summed E-state index contributed by atoms with van der Waals surface area (Å²) in [5.74, 6) is 0.324. The maximum atomic E-state index is 12.5. The van der Waals surface area contributed by atoms with Crippen molar-refractivity contribution in [2.75, 3.05) is 11.6 Å². The minimum atomic E-state index is -3.13. The first-order valence-corrected chi connectivity index (χ1v) is 11.0. The fourth-order valence-electron chi connectivity index (χ4n) is 2.76. The molecule has 8 heteroatoms. The maximum absolute atomic E-state index is 12.5. The lowest BCUT2D eigenvalue weighted by Crippen LogP contribution is -2.13. The zero-order valence-corrected chi connectivity index (χ0v) is 17.2. The maximum Gasteiger partial charge on any atom is 0.255 e. The summed E-state index contributed by atoms with van der Waals surface area (Å²) in [6, 6.07) is 16.8. The number of hydrogen-bond donors (Lipinski definition) is 1. The molecule has 152 valence electrons. The quantitative estimate of drug-likeness (QED) is 0.647. The molecular weight excluding hydrogens is 402 g/mol. The molecule has 3 rings (SSSR count). The van der Waals surface area contributed by atoms with Crippen LogP contribution in [0, 0.1) is 18.3 Å². The molecule has 3 aromatic rings. The van der Waals surface area contributed by atoms with Crippen molar-refractivity contribution in [3.63, 3.8) is 0 Å². The number of hydrogen-bond acceptors (Lipinski definition) is 6. The summed E-state index contributed by atoms with van der Waals surface area (Å²) in [4.78, 5) is 16.6. The van der Waals surface area contributed by atoms with E-state index in [1.54, 1.807) is 60.8 Å². The van der Waals surface area contributed by atoms with Crippen molar-refractivity contribution in [1.82, 2.24) is 4.98 Å². The van der Waals surface area contributed by atoms with Crippen LogP contribution >= 0.6 is 0 Å². The van der Waals surface area contributed by atoms with Crippen LogP contribution in [0.2, 0.25) is 0 Å². The number of aromatic nitrogens is 1. The summed E-state index contributed by atoms with van der Waals surface area (Å²) in [7, 11) is -3.13. The van der Waals surface area contributed by atoms with E-state index in [4.69, 9.17) is 10.00 Å². The van der Waals surface area contributed by atoms with Gasteiger partial charge in [-0.05, 0) is 60.5 Å². The molecule has 0 unspecified atom stereocenters. The Morgan fingerprint density at radius 3 is 2.53 bits per heavy atom. The van der Waals surface area contributed by atoms with Gasteiger partial charge >= 0.3 is 0 Å². The standard InChI is InChI=1S/C22H19N3O4S/c1-15-12-19(29-22-18(13-23)4-3-11-24-22)9-10-20(15)25-21(26)17-7-5-16(6-8-17)14-30(2,27)28/h3-12H,14H2,1-2H3,(H,25,26). The first-order valence-electron chi connectivity index (χ1n) is 8.97. The Hall–Kier alpha value is -3.70. The van der Waals surface area contributed by atoms with Crippen LogP contribution in [0.1, 0.15) is 27.0 Å². The third-order valence-corrected chi connectivity index (χ3v) is 5.05. The number of rotatable bonds is 6. The molecule has 0 aliphatic carbocycles. The Balaban J connectivity index is 1.71. The Morgan fingerprint density at radius 1 is 1.17 bits per heavy atom. The van der Waals surface area contributed by atoms with Crippen LogP contribution in [0.3, 0.4) is 0 Å². The Labute approximate surface area is 174 Å². The number of pyridine rings is 1. The van der Waals surface area contributed by atoms with Gasteiger partial charge in [-0.1, -0.05) is 12.1 Å². The van der Waals surface area contributed by atoms with E-state index in [1.165, 1.54) is 6.26 Å². The van der Waals surface area contributed by atoms with Crippen LogP contribution in [0.15, 0.2) is 60.8 Å². The van der Waals surface area contributed by atoms with Gasteiger partial charge in [0.2, 0.25) is 5.88 Å². The highest BCUT2D eigenvalue weighted by Gasteiger charge is 2.11. The predicted molar refractivity (Wildman–Crippen MR) is 113 cm³/mol. The molecule has 1 heterocycles. The summed E-state index contributed by atoms with van der Waals surface area (Å²) in [6.07, 6.45) is 2.71. The lowest BCUT2D eigenvalue weighted by Gasteiger charge is -2.11. The number of nitrogens with one attached hydrogen (secondary N) is 1. The molecule has 7 nitrogen and oxygen atoms in total. The zero-order chi connectivity index (χ0) is 21.7. The number of nitrogens with zero attached hydrogens (tertiary/aromatic N) is 2. The van der Waals surface area contributed by atoms with Gasteiger partial charge in [-0.15, -0.1) is 0 Å². The highest BCUT2D eigenvalue weighted by atomic mass is 32.2. The summed E-state index contributed by atoms with van der Waals surface area (Å²) in [5.41, 5.74) is 2.74. The number of nitriles is 1. The molecule has 0 aliphatic rings. The number of carbonyl (C=O) groups excluding carboxylic acids is 1. The van der Waals surface area contributed by atoms with E-state index < -0.39 is 9.84 Å². The van der Waals surface area contributed by atoms with Gasteiger partial charge in [-0.25, -0.2) is 13.4 Å². The van der Waals surface area contributed by atoms with Gasteiger partial charge in [0.1, 0.15) is 17.4 Å². The first kappa shape index (κ1) is 21.0. The van der Waals surface area contributed by atoms with E-state index in [2.05, 4.69) is 10.3 Å². The molecule has 0 fully saturated rings. The molecule has 30 heavy (non-hydrogen) atoms. The average Bonchev–Trinajstić information content (AvgIpc) is 2.70. The second-order valence-electron chi connectivity index (χ2n) is 6.77. The number of sulfone groups is 1. The topological polar surface area (TPSA) is 109 Å². The van der Waals surface area contributed by atoms with Crippen molar-refractivity contribution in [2.45, 2.75) is 12.7 Å².